The third-order valence-corrected chi connectivity index (χ3v) is 5.88. The summed E-state index contributed by atoms with van der Waals surface area (Å²) in [5, 5.41) is 5.36. The molecular formula is C25H29N5O4. The van der Waals surface area contributed by atoms with Crippen LogP contribution in [-0.4, -0.2) is 61.5 Å². The molecule has 4 rings (SSSR count). The minimum absolute atomic E-state index is 0.166. The van der Waals surface area contributed by atoms with Crippen molar-refractivity contribution in [2.75, 3.05) is 44.7 Å². The molecule has 0 radical (unpaired) electrons. The molecule has 34 heavy (non-hydrogen) atoms. The third kappa shape index (κ3) is 5.93. The van der Waals surface area contributed by atoms with Gasteiger partial charge in [-0.15, -0.1) is 0 Å². The van der Waals surface area contributed by atoms with Gasteiger partial charge in [-0.25, -0.2) is 0 Å². The van der Waals surface area contributed by atoms with Crippen molar-refractivity contribution in [3.63, 3.8) is 0 Å². The Kier molecular flexibility index (Phi) is 7.77. The van der Waals surface area contributed by atoms with Crippen LogP contribution in [0.4, 0.5) is 5.69 Å². The number of amides is 2. The molecule has 9 heteroatoms. The first kappa shape index (κ1) is 23.3. The van der Waals surface area contributed by atoms with Crippen LogP contribution in [0.1, 0.15) is 17.5 Å². The van der Waals surface area contributed by atoms with Crippen molar-refractivity contribution in [3.05, 3.63) is 78.5 Å². The first-order chi connectivity index (χ1) is 16.6. The van der Waals surface area contributed by atoms with Gasteiger partial charge in [0, 0.05) is 44.6 Å². The fourth-order valence-corrected chi connectivity index (χ4v) is 4.00. The van der Waals surface area contributed by atoms with Gasteiger partial charge in [0.05, 0.1) is 31.7 Å². The van der Waals surface area contributed by atoms with Crippen molar-refractivity contribution < 1.29 is 18.7 Å². The van der Waals surface area contributed by atoms with E-state index in [0.717, 1.165) is 43.4 Å². The lowest BCUT2D eigenvalue weighted by atomic mass is 10.1. The molecule has 0 saturated carbocycles. The molecule has 9 nitrogen and oxygen atoms in total. The molecule has 3 aromatic rings. The molecule has 2 amide bonds. The van der Waals surface area contributed by atoms with Crippen LogP contribution < -0.4 is 20.3 Å². The van der Waals surface area contributed by atoms with E-state index in [1.165, 1.54) is 0 Å². The van der Waals surface area contributed by atoms with Crippen molar-refractivity contribution in [1.82, 2.24) is 20.5 Å². The highest BCUT2D eigenvalue weighted by atomic mass is 16.5. The van der Waals surface area contributed by atoms with Crippen LogP contribution in [0.3, 0.4) is 0 Å². The van der Waals surface area contributed by atoms with Crippen molar-refractivity contribution in [2.24, 2.45) is 0 Å². The summed E-state index contributed by atoms with van der Waals surface area (Å²) in [5.41, 5.74) is 1.83. The number of nitrogens with one attached hydrogen (secondary N) is 2. The molecule has 1 saturated heterocycles. The van der Waals surface area contributed by atoms with Gasteiger partial charge in [-0.2, -0.15) is 0 Å². The highest BCUT2D eigenvalue weighted by Gasteiger charge is 2.28. The summed E-state index contributed by atoms with van der Waals surface area (Å²) in [6, 6.07) is 17.0. The molecule has 1 aromatic carbocycles. The Morgan fingerprint density at radius 3 is 2.41 bits per heavy atom. The first-order valence-corrected chi connectivity index (χ1v) is 11.3. The zero-order valence-corrected chi connectivity index (χ0v) is 19.1. The van der Waals surface area contributed by atoms with Gasteiger partial charge in [0.1, 0.15) is 11.5 Å². The van der Waals surface area contributed by atoms with Gasteiger partial charge in [-0.05, 0) is 48.5 Å². The van der Waals surface area contributed by atoms with Crippen LogP contribution in [0.15, 0.2) is 71.5 Å². The molecule has 2 aromatic heterocycles. The molecule has 0 bridgehead atoms. The number of carbonyl (C=O) groups is 2. The number of nitrogens with zero attached hydrogens (tertiary/aromatic N) is 3. The summed E-state index contributed by atoms with van der Waals surface area (Å²) in [6.45, 7) is 3.72. The van der Waals surface area contributed by atoms with Gasteiger partial charge in [-0.3, -0.25) is 19.5 Å². The number of rotatable bonds is 8. The largest absolute Gasteiger partial charge is 0.497 e. The molecule has 1 aliphatic rings. The second-order valence-corrected chi connectivity index (χ2v) is 7.97. The fraction of sp³-hybridized carbons (Fsp3) is 0.320. The number of carbonyl (C=O) groups excluding carboxylic acids is 2. The highest BCUT2D eigenvalue weighted by molar-refractivity contribution is 6.35. The van der Waals surface area contributed by atoms with Crippen LogP contribution in [0.25, 0.3) is 0 Å². The molecule has 0 unspecified atom stereocenters. The van der Waals surface area contributed by atoms with Crippen LogP contribution in [-0.2, 0) is 16.1 Å². The van der Waals surface area contributed by atoms with Gasteiger partial charge in [0.2, 0.25) is 0 Å². The SMILES string of the molecule is COc1ccc(N2CCN([C@H](CNC(=O)C(=O)NCc3ccccn3)c3ccco3)CC2)cc1. The number of furan rings is 1. The highest BCUT2D eigenvalue weighted by Crippen LogP contribution is 2.25. The van der Waals surface area contributed by atoms with E-state index in [1.54, 1.807) is 31.7 Å². The lowest BCUT2D eigenvalue weighted by molar-refractivity contribution is -0.139. The zero-order valence-electron chi connectivity index (χ0n) is 19.1. The Balaban J connectivity index is 1.31. The van der Waals surface area contributed by atoms with Gasteiger partial charge in [0.15, 0.2) is 0 Å². The average molecular weight is 464 g/mol. The molecule has 3 heterocycles. The summed E-state index contributed by atoms with van der Waals surface area (Å²) in [7, 11) is 1.66. The maximum atomic E-state index is 12.4. The number of hydrogen-bond donors (Lipinski definition) is 2. The fourth-order valence-electron chi connectivity index (χ4n) is 4.00. The maximum Gasteiger partial charge on any atom is 0.309 e. The Morgan fingerprint density at radius 1 is 1.00 bits per heavy atom. The van der Waals surface area contributed by atoms with E-state index in [2.05, 4.69) is 37.6 Å². The van der Waals surface area contributed by atoms with Gasteiger partial charge < -0.3 is 24.7 Å². The van der Waals surface area contributed by atoms with Gasteiger partial charge >= 0.3 is 11.8 Å². The molecule has 0 aliphatic carbocycles. The molecular weight excluding hydrogens is 434 g/mol. The smallest absolute Gasteiger partial charge is 0.309 e. The number of benzene rings is 1. The average Bonchev–Trinajstić information content (AvgIpc) is 3.43. The summed E-state index contributed by atoms with van der Waals surface area (Å²) in [6.07, 6.45) is 3.27. The van der Waals surface area contributed by atoms with Crippen molar-refractivity contribution in [2.45, 2.75) is 12.6 Å². The molecule has 1 aliphatic heterocycles. The summed E-state index contributed by atoms with van der Waals surface area (Å²) in [4.78, 5) is 33.4. The van der Waals surface area contributed by atoms with Crippen LogP contribution >= 0.6 is 0 Å². The molecule has 0 spiro atoms. The number of piperazine rings is 1. The van der Waals surface area contributed by atoms with Gasteiger partial charge in [-0.1, -0.05) is 6.07 Å². The summed E-state index contributed by atoms with van der Waals surface area (Å²) >= 11 is 0. The number of methoxy groups -OCH3 is 1. The van der Waals surface area contributed by atoms with Crippen LogP contribution in [0.2, 0.25) is 0 Å². The lowest BCUT2D eigenvalue weighted by Crippen LogP contribution is -2.50. The van der Waals surface area contributed by atoms with E-state index in [9.17, 15) is 9.59 Å². The van der Waals surface area contributed by atoms with Crippen LogP contribution in [0.5, 0.6) is 5.75 Å². The predicted octanol–water partition coefficient (Wildman–Crippen LogP) is 1.98. The van der Waals surface area contributed by atoms with E-state index in [4.69, 9.17) is 9.15 Å². The van der Waals surface area contributed by atoms with Gasteiger partial charge in [0.25, 0.3) is 0 Å². The zero-order chi connectivity index (χ0) is 23.8. The molecule has 1 atom stereocenters. The minimum atomic E-state index is -0.687. The monoisotopic (exact) mass is 463 g/mol. The second-order valence-electron chi connectivity index (χ2n) is 7.97. The number of anilines is 1. The molecule has 178 valence electrons. The Labute approximate surface area is 198 Å². The quantitative estimate of drug-likeness (QED) is 0.493. The Hall–Kier alpha value is -3.85. The normalized spacial score (nSPS) is 14.9. The number of ether oxygens (including phenoxy) is 1. The van der Waals surface area contributed by atoms with E-state index in [0.29, 0.717) is 5.69 Å². The minimum Gasteiger partial charge on any atom is -0.497 e. The van der Waals surface area contributed by atoms with E-state index >= 15 is 0 Å². The number of pyridine rings is 1. The van der Waals surface area contributed by atoms with Crippen molar-refractivity contribution in [3.8, 4) is 5.75 Å². The van der Waals surface area contributed by atoms with Crippen LogP contribution in [0, 0.1) is 0 Å². The van der Waals surface area contributed by atoms with E-state index in [-0.39, 0.29) is 19.1 Å². The number of hydrogen-bond acceptors (Lipinski definition) is 7. The second kappa shape index (κ2) is 11.3. The standard InChI is InChI=1S/C25H29N5O4/c1-33-21-9-7-20(8-10-21)29-12-14-30(15-13-29)22(23-6-4-16-34-23)18-28-25(32)24(31)27-17-19-5-2-3-11-26-19/h2-11,16,22H,12-15,17-18H2,1H3,(H,27,31)(H,28,32)/t22-/m1/s1. The Morgan fingerprint density at radius 2 is 1.76 bits per heavy atom. The predicted molar refractivity (Wildman–Crippen MR) is 127 cm³/mol. The van der Waals surface area contributed by atoms with E-state index < -0.39 is 11.8 Å². The maximum absolute atomic E-state index is 12.4. The molecule has 1 fully saturated rings. The topological polar surface area (TPSA) is 99.9 Å². The third-order valence-electron chi connectivity index (χ3n) is 5.88. The lowest BCUT2D eigenvalue weighted by Gasteiger charge is -2.39. The first-order valence-electron chi connectivity index (χ1n) is 11.3. The summed E-state index contributed by atoms with van der Waals surface area (Å²) < 4.78 is 10.9. The van der Waals surface area contributed by atoms with E-state index in [1.807, 2.05) is 30.3 Å². The van der Waals surface area contributed by atoms with Crippen molar-refractivity contribution >= 4 is 17.5 Å². The summed E-state index contributed by atoms with van der Waals surface area (Å²) in [5.74, 6) is 0.227. The van der Waals surface area contributed by atoms with Crippen molar-refractivity contribution in [1.29, 1.82) is 0 Å². The number of aromatic nitrogens is 1. The molecule has 2 N–H and O–H groups in total. The Bertz CT molecular complexity index is 1050.